The third kappa shape index (κ3) is 6.93. The normalized spacial score (nSPS) is 35.9. The van der Waals surface area contributed by atoms with Crippen LogP contribution in [0, 0.1) is 34.5 Å². The molecule has 0 aromatic heterocycles. The Hall–Kier alpha value is -2.18. The fourth-order valence-electron chi connectivity index (χ4n) is 10.6. The van der Waals surface area contributed by atoms with Crippen molar-refractivity contribution in [1.29, 1.82) is 0 Å². The molecule has 250 valence electrons. The zero-order chi connectivity index (χ0) is 32.2. The van der Waals surface area contributed by atoms with E-state index >= 15 is 0 Å². The highest BCUT2D eigenvalue weighted by Gasteiger charge is 2.71. The molecule has 6 heteroatoms. The van der Waals surface area contributed by atoms with Crippen LogP contribution in [0.4, 0.5) is 0 Å². The van der Waals surface area contributed by atoms with Gasteiger partial charge >= 0.3 is 11.9 Å². The second-order valence-electron chi connectivity index (χ2n) is 15.6. The number of ether oxygens (including phenoxy) is 2. The first-order chi connectivity index (χ1) is 21.5. The summed E-state index contributed by atoms with van der Waals surface area (Å²) in [5.74, 6) is 0.121. The lowest BCUT2D eigenvalue weighted by Gasteiger charge is -2.69. The fourth-order valence-corrected chi connectivity index (χ4v) is 10.6. The van der Waals surface area contributed by atoms with Crippen molar-refractivity contribution in [3.63, 3.8) is 0 Å². The summed E-state index contributed by atoms with van der Waals surface area (Å²) < 4.78 is 11.4. The lowest BCUT2D eigenvalue weighted by Crippen LogP contribution is -2.73. The largest absolute Gasteiger partial charge is 0.462 e. The molecule has 1 aliphatic heterocycles. The second-order valence-corrected chi connectivity index (χ2v) is 15.6. The van der Waals surface area contributed by atoms with Crippen LogP contribution in [-0.4, -0.2) is 46.6 Å². The summed E-state index contributed by atoms with van der Waals surface area (Å²) in [4.78, 5) is 24.5. The number of hydrogen-bond donors (Lipinski definition) is 2. The standard InChI is InChI=1S/C39H58O6/c1-27(12-10-16-30-14-6-5-7-15-30)13-11-21-38-34(41)20-22-37(4,32-17-8-9-18-32)36(38)33(45-29(3)40)24-28(2)39(38,43)23-19-31-25-35(42)44-26-31/h5-7,14-15,25,27-28,32-34,36,41,43H,8-13,16-24,26H2,1-4H3/t27-,28+,33-,34+,36-,37+,38+,39-/m1/s1. The SMILES string of the molecule is CC(=O)O[C@@H]1C[C@H](C)[C@](O)(CCC2=CC(=O)OC2)[C@@]2(CCC[C@H](C)CCCc3ccccc3)[C@@H](O)CC[C@@](C)(C3CCCC3)[C@@H]12. The summed E-state index contributed by atoms with van der Waals surface area (Å²) in [6, 6.07) is 10.7. The summed E-state index contributed by atoms with van der Waals surface area (Å²) in [7, 11) is 0. The van der Waals surface area contributed by atoms with Crippen LogP contribution in [0.25, 0.3) is 0 Å². The van der Waals surface area contributed by atoms with Gasteiger partial charge in [0.15, 0.2) is 0 Å². The van der Waals surface area contributed by atoms with E-state index in [2.05, 4.69) is 51.1 Å². The van der Waals surface area contributed by atoms with Gasteiger partial charge in [-0.3, -0.25) is 4.79 Å². The minimum atomic E-state index is -1.17. The van der Waals surface area contributed by atoms with Crippen LogP contribution in [0.15, 0.2) is 42.0 Å². The Bertz CT molecular complexity index is 1190. The molecule has 3 fully saturated rings. The van der Waals surface area contributed by atoms with Gasteiger partial charge in [-0.25, -0.2) is 4.79 Å². The number of benzene rings is 1. The zero-order valence-corrected chi connectivity index (χ0v) is 28.3. The van der Waals surface area contributed by atoms with Crippen LogP contribution in [-0.2, 0) is 25.5 Å². The molecular formula is C39H58O6. The van der Waals surface area contributed by atoms with Crippen molar-refractivity contribution in [2.45, 2.75) is 142 Å². The highest BCUT2D eigenvalue weighted by molar-refractivity contribution is 5.85. The summed E-state index contributed by atoms with van der Waals surface area (Å²) in [5.41, 5.74) is 0.165. The van der Waals surface area contributed by atoms with E-state index in [4.69, 9.17) is 9.47 Å². The smallest absolute Gasteiger partial charge is 0.331 e. The molecule has 1 aromatic rings. The molecule has 5 rings (SSSR count). The molecule has 8 atom stereocenters. The van der Waals surface area contributed by atoms with Crippen LogP contribution in [0.1, 0.15) is 123 Å². The van der Waals surface area contributed by atoms with Gasteiger partial charge in [-0.15, -0.1) is 0 Å². The van der Waals surface area contributed by atoms with E-state index in [0.29, 0.717) is 43.9 Å². The van der Waals surface area contributed by atoms with Gasteiger partial charge in [-0.1, -0.05) is 83.2 Å². The fraction of sp³-hybridized carbons (Fsp3) is 0.744. The van der Waals surface area contributed by atoms with Crippen molar-refractivity contribution in [3.8, 4) is 0 Å². The second kappa shape index (κ2) is 14.3. The molecule has 0 unspecified atom stereocenters. The summed E-state index contributed by atoms with van der Waals surface area (Å²) in [5, 5.41) is 25.5. The van der Waals surface area contributed by atoms with Crippen LogP contribution >= 0.6 is 0 Å². The molecule has 1 aromatic carbocycles. The number of aryl methyl sites for hydroxylation is 1. The molecule has 0 amide bonds. The monoisotopic (exact) mass is 622 g/mol. The summed E-state index contributed by atoms with van der Waals surface area (Å²) >= 11 is 0. The molecule has 0 bridgehead atoms. The predicted octanol–water partition coefficient (Wildman–Crippen LogP) is 7.74. The molecule has 4 aliphatic rings. The van der Waals surface area contributed by atoms with E-state index < -0.39 is 17.1 Å². The van der Waals surface area contributed by atoms with Crippen molar-refractivity contribution in [2.24, 2.45) is 34.5 Å². The number of cyclic esters (lactones) is 1. The van der Waals surface area contributed by atoms with Gasteiger partial charge in [0.25, 0.3) is 0 Å². The van der Waals surface area contributed by atoms with Crippen molar-refractivity contribution < 1.29 is 29.3 Å². The minimum absolute atomic E-state index is 0.134. The Morgan fingerprint density at radius 1 is 1.07 bits per heavy atom. The van der Waals surface area contributed by atoms with Gasteiger partial charge in [0.2, 0.25) is 0 Å². The third-order valence-corrected chi connectivity index (χ3v) is 12.8. The molecule has 0 saturated heterocycles. The average molecular weight is 623 g/mol. The van der Waals surface area contributed by atoms with Gasteiger partial charge in [-0.2, -0.15) is 0 Å². The van der Waals surface area contributed by atoms with Crippen molar-refractivity contribution in [2.75, 3.05) is 6.61 Å². The van der Waals surface area contributed by atoms with E-state index in [1.54, 1.807) is 6.08 Å². The van der Waals surface area contributed by atoms with Crippen LogP contribution in [0.5, 0.6) is 0 Å². The Morgan fingerprint density at radius 2 is 1.78 bits per heavy atom. The topological polar surface area (TPSA) is 93.1 Å². The van der Waals surface area contributed by atoms with E-state index in [1.807, 2.05) is 0 Å². The van der Waals surface area contributed by atoms with Crippen molar-refractivity contribution >= 4 is 11.9 Å². The molecule has 45 heavy (non-hydrogen) atoms. The van der Waals surface area contributed by atoms with E-state index in [0.717, 1.165) is 56.9 Å². The first kappa shape index (κ1) is 34.2. The number of esters is 2. The van der Waals surface area contributed by atoms with Gasteiger partial charge in [0.05, 0.1) is 11.7 Å². The molecule has 3 saturated carbocycles. The Morgan fingerprint density at radius 3 is 2.44 bits per heavy atom. The van der Waals surface area contributed by atoms with Crippen molar-refractivity contribution in [1.82, 2.24) is 0 Å². The first-order valence-electron chi connectivity index (χ1n) is 18.0. The zero-order valence-electron chi connectivity index (χ0n) is 28.3. The van der Waals surface area contributed by atoms with E-state index in [9.17, 15) is 19.8 Å². The summed E-state index contributed by atoms with van der Waals surface area (Å²) in [6.07, 6.45) is 14.5. The van der Waals surface area contributed by atoms with Gasteiger partial charge in [0.1, 0.15) is 12.7 Å². The predicted molar refractivity (Wildman–Crippen MR) is 176 cm³/mol. The number of carbonyl (C=O) groups excluding carboxylic acids is 2. The molecule has 2 N–H and O–H groups in total. The summed E-state index contributed by atoms with van der Waals surface area (Å²) in [6.45, 7) is 8.58. The number of fused-ring (bicyclic) bond motifs is 1. The highest BCUT2D eigenvalue weighted by Crippen LogP contribution is 2.69. The number of aliphatic hydroxyl groups excluding tert-OH is 1. The first-order valence-corrected chi connectivity index (χ1v) is 18.0. The molecule has 0 radical (unpaired) electrons. The van der Waals surface area contributed by atoms with E-state index in [-0.39, 0.29) is 41.9 Å². The van der Waals surface area contributed by atoms with E-state index in [1.165, 1.54) is 25.3 Å². The molecule has 1 heterocycles. The molecule has 3 aliphatic carbocycles. The average Bonchev–Trinajstić information content (AvgIpc) is 3.70. The van der Waals surface area contributed by atoms with Crippen LogP contribution < -0.4 is 0 Å². The quantitative estimate of drug-likeness (QED) is 0.219. The lowest BCUT2D eigenvalue weighted by atomic mass is 9.38. The number of carbonyl (C=O) groups is 2. The Balaban J connectivity index is 1.45. The highest BCUT2D eigenvalue weighted by atomic mass is 16.5. The Kier molecular flexibility index (Phi) is 10.9. The number of aliphatic hydroxyl groups is 2. The number of hydrogen-bond acceptors (Lipinski definition) is 6. The third-order valence-electron chi connectivity index (χ3n) is 12.8. The maximum atomic E-state index is 13.2. The van der Waals surface area contributed by atoms with Gasteiger partial charge < -0.3 is 19.7 Å². The molecule has 6 nitrogen and oxygen atoms in total. The Labute approximate surface area is 271 Å². The van der Waals surface area contributed by atoms with Crippen LogP contribution in [0.3, 0.4) is 0 Å². The lowest BCUT2D eigenvalue weighted by molar-refractivity contribution is -0.300. The van der Waals surface area contributed by atoms with Crippen LogP contribution in [0.2, 0.25) is 0 Å². The maximum absolute atomic E-state index is 13.2. The van der Waals surface area contributed by atoms with Gasteiger partial charge in [0, 0.05) is 24.3 Å². The molecular weight excluding hydrogens is 564 g/mol. The van der Waals surface area contributed by atoms with Gasteiger partial charge in [-0.05, 0) is 98.5 Å². The number of rotatable bonds is 13. The molecule has 0 spiro atoms. The minimum Gasteiger partial charge on any atom is -0.462 e. The van der Waals surface area contributed by atoms with Crippen molar-refractivity contribution in [3.05, 3.63) is 47.5 Å². The maximum Gasteiger partial charge on any atom is 0.331 e.